The van der Waals surface area contributed by atoms with Gasteiger partial charge in [-0.15, -0.1) is 0 Å². The normalized spacial score (nSPS) is 10.9. The van der Waals surface area contributed by atoms with Crippen molar-refractivity contribution in [2.45, 2.75) is 19.6 Å². The molecule has 0 aliphatic heterocycles. The van der Waals surface area contributed by atoms with Crippen molar-refractivity contribution >= 4 is 11.3 Å². The second-order valence-corrected chi connectivity index (χ2v) is 4.45. The molecular formula is C10H14N4O2S. The molecule has 0 radical (unpaired) electrons. The van der Waals surface area contributed by atoms with E-state index in [2.05, 4.69) is 15.4 Å². The Morgan fingerprint density at radius 3 is 3.12 bits per heavy atom. The average Bonchev–Trinajstić information content (AvgIpc) is 2.89. The van der Waals surface area contributed by atoms with Crippen LogP contribution in [0.3, 0.4) is 0 Å². The Morgan fingerprint density at radius 2 is 2.41 bits per heavy atom. The zero-order valence-electron chi connectivity index (χ0n) is 9.22. The van der Waals surface area contributed by atoms with Crippen LogP contribution in [-0.4, -0.2) is 26.5 Å². The Labute approximate surface area is 102 Å². The number of aromatic nitrogens is 3. The van der Waals surface area contributed by atoms with Gasteiger partial charge in [0.1, 0.15) is 0 Å². The van der Waals surface area contributed by atoms with Gasteiger partial charge in [0.25, 0.3) is 0 Å². The van der Waals surface area contributed by atoms with Gasteiger partial charge in [-0.1, -0.05) is 11.3 Å². The Morgan fingerprint density at radius 1 is 1.53 bits per heavy atom. The standard InChI is InChI=1S/C10H14N4O2S/c15-2-1-14-6-8(4-12-14)3-11-5-9-7-17-10(16)13-9/h4,6-7,11,15H,1-3,5H2,(H,13,16). The Balaban J connectivity index is 1.79. The molecule has 17 heavy (non-hydrogen) atoms. The molecule has 92 valence electrons. The van der Waals surface area contributed by atoms with Gasteiger partial charge in [-0.25, -0.2) is 0 Å². The quantitative estimate of drug-likeness (QED) is 0.673. The largest absolute Gasteiger partial charge is 0.394 e. The Hall–Kier alpha value is -1.44. The summed E-state index contributed by atoms with van der Waals surface area (Å²) in [7, 11) is 0. The fraction of sp³-hybridized carbons (Fsp3) is 0.400. The predicted octanol–water partition coefficient (Wildman–Crippen LogP) is -0.0850. The molecule has 0 fully saturated rings. The van der Waals surface area contributed by atoms with Crippen LogP contribution in [0.15, 0.2) is 22.6 Å². The first-order valence-corrected chi connectivity index (χ1v) is 6.15. The van der Waals surface area contributed by atoms with Crippen molar-refractivity contribution in [2.75, 3.05) is 6.61 Å². The summed E-state index contributed by atoms with van der Waals surface area (Å²) in [4.78, 5) is 13.6. The van der Waals surface area contributed by atoms with Crippen LogP contribution in [0.25, 0.3) is 0 Å². The number of nitrogens with zero attached hydrogens (tertiary/aromatic N) is 2. The number of aromatic amines is 1. The minimum atomic E-state index is -0.0300. The fourth-order valence-corrected chi connectivity index (χ4v) is 2.05. The number of hydrogen-bond donors (Lipinski definition) is 3. The number of hydrogen-bond acceptors (Lipinski definition) is 5. The van der Waals surface area contributed by atoms with Gasteiger partial charge in [0.05, 0.1) is 19.3 Å². The summed E-state index contributed by atoms with van der Waals surface area (Å²) in [5.41, 5.74) is 1.94. The van der Waals surface area contributed by atoms with E-state index in [1.807, 2.05) is 11.6 Å². The third-order valence-electron chi connectivity index (χ3n) is 2.23. The van der Waals surface area contributed by atoms with Crippen LogP contribution in [0.4, 0.5) is 0 Å². The zero-order valence-corrected chi connectivity index (χ0v) is 10.0. The highest BCUT2D eigenvalue weighted by Crippen LogP contribution is 1.99. The van der Waals surface area contributed by atoms with Crippen molar-refractivity contribution < 1.29 is 5.11 Å². The van der Waals surface area contributed by atoms with Gasteiger partial charge in [0.15, 0.2) is 0 Å². The van der Waals surface area contributed by atoms with Crippen LogP contribution in [0.5, 0.6) is 0 Å². The van der Waals surface area contributed by atoms with Crippen molar-refractivity contribution in [3.63, 3.8) is 0 Å². The maximum atomic E-state index is 10.9. The molecule has 2 heterocycles. The third kappa shape index (κ3) is 3.52. The number of aliphatic hydroxyl groups excluding tert-OH is 1. The second kappa shape index (κ2) is 5.76. The smallest absolute Gasteiger partial charge is 0.304 e. The molecule has 0 saturated heterocycles. The summed E-state index contributed by atoms with van der Waals surface area (Å²) < 4.78 is 1.70. The first-order chi connectivity index (χ1) is 8.28. The van der Waals surface area contributed by atoms with E-state index in [9.17, 15) is 4.79 Å². The summed E-state index contributed by atoms with van der Waals surface area (Å²) in [6.45, 7) is 1.91. The first-order valence-electron chi connectivity index (χ1n) is 5.27. The monoisotopic (exact) mass is 254 g/mol. The predicted molar refractivity (Wildman–Crippen MR) is 64.8 cm³/mol. The van der Waals surface area contributed by atoms with E-state index in [0.29, 0.717) is 19.6 Å². The maximum absolute atomic E-state index is 10.9. The summed E-state index contributed by atoms with van der Waals surface area (Å²) in [6, 6.07) is 0. The highest BCUT2D eigenvalue weighted by atomic mass is 32.1. The van der Waals surface area contributed by atoms with Gasteiger partial charge < -0.3 is 15.4 Å². The van der Waals surface area contributed by atoms with E-state index in [0.717, 1.165) is 11.3 Å². The van der Waals surface area contributed by atoms with Crippen molar-refractivity contribution in [2.24, 2.45) is 0 Å². The minimum Gasteiger partial charge on any atom is -0.394 e. The zero-order chi connectivity index (χ0) is 12.1. The van der Waals surface area contributed by atoms with E-state index < -0.39 is 0 Å². The lowest BCUT2D eigenvalue weighted by molar-refractivity contribution is 0.269. The number of rotatable bonds is 6. The summed E-state index contributed by atoms with van der Waals surface area (Å²) >= 11 is 1.17. The van der Waals surface area contributed by atoms with Gasteiger partial charge in [-0.2, -0.15) is 5.10 Å². The summed E-state index contributed by atoms with van der Waals surface area (Å²) in [6.07, 6.45) is 3.65. The number of aliphatic hydroxyl groups is 1. The topological polar surface area (TPSA) is 82.9 Å². The lowest BCUT2D eigenvalue weighted by Crippen LogP contribution is -2.13. The second-order valence-electron chi connectivity index (χ2n) is 3.61. The van der Waals surface area contributed by atoms with Crippen LogP contribution in [0.1, 0.15) is 11.3 Å². The van der Waals surface area contributed by atoms with E-state index in [1.165, 1.54) is 11.3 Å². The van der Waals surface area contributed by atoms with Crippen LogP contribution in [0.2, 0.25) is 0 Å². The molecule has 0 aliphatic rings. The molecule has 0 amide bonds. The number of nitrogens with one attached hydrogen (secondary N) is 2. The molecule has 2 aromatic heterocycles. The Bertz CT molecular complexity index is 516. The van der Waals surface area contributed by atoms with E-state index in [-0.39, 0.29) is 11.5 Å². The maximum Gasteiger partial charge on any atom is 0.304 e. The summed E-state index contributed by atoms with van der Waals surface area (Å²) in [5.74, 6) is 0. The highest BCUT2D eigenvalue weighted by molar-refractivity contribution is 7.07. The first kappa shape index (κ1) is 12.0. The number of H-pyrrole nitrogens is 1. The molecule has 0 unspecified atom stereocenters. The molecule has 0 aromatic carbocycles. The lowest BCUT2D eigenvalue weighted by Gasteiger charge is -2.00. The van der Waals surface area contributed by atoms with Gasteiger partial charge in [-0.3, -0.25) is 9.48 Å². The van der Waals surface area contributed by atoms with E-state index >= 15 is 0 Å². The average molecular weight is 254 g/mol. The molecule has 0 saturated carbocycles. The van der Waals surface area contributed by atoms with Crippen LogP contribution < -0.4 is 10.2 Å². The molecule has 0 aliphatic carbocycles. The molecule has 7 heteroatoms. The lowest BCUT2D eigenvalue weighted by atomic mass is 10.3. The van der Waals surface area contributed by atoms with Crippen LogP contribution >= 0.6 is 11.3 Å². The van der Waals surface area contributed by atoms with Gasteiger partial charge in [0.2, 0.25) is 0 Å². The molecule has 3 N–H and O–H groups in total. The van der Waals surface area contributed by atoms with Crippen molar-refractivity contribution in [1.82, 2.24) is 20.1 Å². The SMILES string of the molecule is O=c1[nH]c(CNCc2cnn(CCO)c2)cs1. The van der Waals surface area contributed by atoms with E-state index in [1.54, 1.807) is 10.9 Å². The molecule has 2 aromatic rings. The van der Waals surface area contributed by atoms with Gasteiger partial charge >= 0.3 is 4.87 Å². The van der Waals surface area contributed by atoms with Crippen LogP contribution in [-0.2, 0) is 19.6 Å². The van der Waals surface area contributed by atoms with Gasteiger partial charge in [0, 0.05) is 35.9 Å². The van der Waals surface area contributed by atoms with Crippen molar-refractivity contribution in [3.05, 3.63) is 38.7 Å². The number of thiazole rings is 1. The molecule has 0 bridgehead atoms. The fourth-order valence-electron chi connectivity index (χ4n) is 1.46. The summed E-state index contributed by atoms with van der Waals surface area (Å²) in [5, 5.41) is 17.9. The highest BCUT2D eigenvalue weighted by Gasteiger charge is 1.99. The van der Waals surface area contributed by atoms with E-state index in [4.69, 9.17) is 5.11 Å². The van der Waals surface area contributed by atoms with Crippen molar-refractivity contribution in [3.8, 4) is 0 Å². The minimum absolute atomic E-state index is 0.0300. The van der Waals surface area contributed by atoms with Gasteiger partial charge in [-0.05, 0) is 0 Å². The molecular weight excluding hydrogens is 240 g/mol. The molecule has 6 nitrogen and oxygen atoms in total. The van der Waals surface area contributed by atoms with Crippen LogP contribution in [0, 0.1) is 0 Å². The molecule has 0 atom stereocenters. The van der Waals surface area contributed by atoms with Crippen molar-refractivity contribution in [1.29, 1.82) is 0 Å². The third-order valence-corrected chi connectivity index (χ3v) is 2.95. The molecule has 0 spiro atoms. The Kier molecular flexibility index (Phi) is 4.08. The molecule has 2 rings (SSSR count).